The van der Waals surface area contributed by atoms with Crippen molar-refractivity contribution in [3.63, 3.8) is 0 Å². The molecule has 0 amide bonds. The average molecular weight is 397 g/mol. The van der Waals surface area contributed by atoms with Gasteiger partial charge in [0.05, 0.1) is 5.69 Å². The smallest absolute Gasteiger partial charge is 0.350 e. The van der Waals surface area contributed by atoms with Crippen LogP contribution in [0.5, 0.6) is 0 Å². The predicted molar refractivity (Wildman–Crippen MR) is 96.6 cm³/mol. The van der Waals surface area contributed by atoms with Gasteiger partial charge in [-0.2, -0.15) is 13.2 Å². The minimum absolute atomic E-state index is 0.0757. The molecule has 1 aliphatic rings. The second-order valence-electron chi connectivity index (χ2n) is 6.37. The van der Waals surface area contributed by atoms with Crippen LogP contribution in [0.3, 0.4) is 0 Å². The number of alkyl halides is 3. The summed E-state index contributed by atoms with van der Waals surface area (Å²) in [4.78, 5) is 15.0. The number of rotatable bonds is 3. The maximum absolute atomic E-state index is 13.5. The molecule has 27 heavy (non-hydrogen) atoms. The molecule has 4 rings (SSSR count). The minimum atomic E-state index is -4.58. The molecule has 6 nitrogen and oxygen atoms in total. The van der Waals surface area contributed by atoms with E-state index in [1.807, 2.05) is 0 Å². The van der Waals surface area contributed by atoms with Crippen LogP contribution >= 0.6 is 11.6 Å². The number of piperidine rings is 1. The normalized spacial score (nSPS) is 18.0. The summed E-state index contributed by atoms with van der Waals surface area (Å²) in [5.41, 5.74) is -0.395. The van der Waals surface area contributed by atoms with Crippen LogP contribution < -0.4 is 10.6 Å². The van der Waals surface area contributed by atoms with Crippen LogP contribution in [-0.2, 0) is 6.18 Å². The summed E-state index contributed by atoms with van der Waals surface area (Å²) in [6.07, 6.45) is -0.410. The molecule has 0 spiro atoms. The molecule has 0 saturated carbocycles. The molecule has 0 unspecified atom stereocenters. The van der Waals surface area contributed by atoms with Crippen molar-refractivity contribution >= 4 is 28.6 Å². The highest BCUT2D eigenvalue weighted by molar-refractivity contribution is 6.29. The lowest BCUT2D eigenvalue weighted by Crippen LogP contribution is -2.38. The first kappa shape index (κ1) is 18.0. The van der Waals surface area contributed by atoms with Gasteiger partial charge >= 0.3 is 6.18 Å². The summed E-state index contributed by atoms with van der Waals surface area (Å²) in [5.74, 6) is 0.169. The first-order chi connectivity index (χ1) is 12.9. The zero-order valence-electron chi connectivity index (χ0n) is 14.1. The summed E-state index contributed by atoms with van der Waals surface area (Å²) in [6, 6.07) is 3.23. The quantitative estimate of drug-likeness (QED) is 0.586. The van der Waals surface area contributed by atoms with Crippen LogP contribution in [0.2, 0.25) is 5.15 Å². The van der Waals surface area contributed by atoms with Gasteiger partial charge in [-0.25, -0.2) is 15.0 Å². The lowest BCUT2D eigenvalue weighted by atomic mass is 10.1. The second-order valence-corrected chi connectivity index (χ2v) is 6.76. The molecular weight excluding hydrogens is 381 g/mol. The van der Waals surface area contributed by atoms with Gasteiger partial charge in [-0.1, -0.05) is 11.6 Å². The topological polar surface area (TPSA) is 78.5 Å². The van der Waals surface area contributed by atoms with E-state index in [9.17, 15) is 13.2 Å². The van der Waals surface area contributed by atoms with Gasteiger partial charge in [-0.3, -0.25) is 0 Å². The lowest BCUT2D eigenvalue weighted by Gasteiger charge is -2.24. The third-order valence-corrected chi connectivity index (χ3v) is 4.69. The summed E-state index contributed by atoms with van der Waals surface area (Å²) < 4.78 is 40.6. The van der Waals surface area contributed by atoms with E-state index in [1.165, 1.54) is 12.3 Å². The Labute approximate surface area is 157 Å². The largest absolute Gasteiger partial charge is 0.419 e. The Morgan fingerprint density at radius 3 is 2.81 bits per heavy atom. The Morgan fingerprint density at radius 2 is 2.07 bits per heavy atom. The van der Waals surface area contributed by atoms with Gasteiger partial charge in [0.2, 0.25) is 5.95 Å². The van der Waals surface area contributed by atoms with Crippen molar-refractivity contribution in [1.82, 2.24) is 25.3 Å². The van der Waals surface area contributed by atoms with Crippen molar-refractivity contribution in [1.29, 1.82) is 0 Å². The minimum Gasteiger partial charge on any atom is -0.350 e. The number of H-pyrrole nitrogens is 1. The molecule has 0 bridgehead atoms. The van der Waals surface area contributed by atoms with E-state index in [1.54, 1.807) is 6.07 Å². The van der Waals surface area contributed by atoms with Crippen LogP contribution in [-0.4, -0.2) is 39.1 Å². The maximum Gasteiger partial charge on any atom is 0.419 e. The number of fused-ring (bicyclic) bond motifs is 1. The second kappa shape index (κ2) is 6.97. The fourth-order valence-corrected chi connectivity index (χ4v) is 3.35. The molecule has 3 aromatic heterocycles. The zero-order valence-corrected chi connectivity index (χ0v) is 14.8. The van der Waals surface area contributed by atoms with Crippen LogP contribution in [0.1, 0.15) is 18.4 Å². The average Bonchev–Trinajstić information content (AvgIpc) is 3.04. The number of halogens is 4. The van der Waals surface area contributed by atoms with E-state index in [0.717, 1.165) is 32.1 Å². The molecule has 4 heterocycles. The summed E-state index contributed by atoms with van der Waals surface area (Å²) in [7, 11) is 0. The van der Waals surface area contributed by atoms with Crippen molar-refractivity contribution < 1.29 is 13.2 Å². The van der Waals surface area contributed by atoms with E-state index in [2.05, 4.69) is 30.6 Å². The number of hydrogen-bond acceptors (Lipinski definition) is 5. The fraction of sp³-hybridized carbons (Fsp3) is 0.353. The van der Waals surface area contributed by atoms with Gasteiger partial charge in [0.1, 0.15) is 16.4 Å². The summed E-state index contributed by atoms with van der Waals surface area (Å²) in [6.45, 7) is 1.65. The molecule has 0 aliphatic carbocycles. The van der Waals surface area contributed by atoms with Gasteiger partial charge in [0.25, 0.3) is 0 Å². The van der Waals surface area contributed by atoms with Gasteiger partial charge in [-0.05, 0) is 31.5 Å². The number of nitrogens with zero attached hydrogens (tertiary/aromatic N) is 3. The number of aromatic nitrogens is 4. The molecule has 0 aromatic carbocycles. The molecule has 1 fully saturated rings. The van der Waals surface area contributed by atoms with Gasteiger partial charge in [0.15, 0.2) is 0 Å². The Hall–Kier alpha value is -2.39. The maximum atomic E-state index is 13.5. The van der Waals surface area contributed by atoms with E-state index < -0.39 is 11.7 Å². The molecule has 1 aliphatic heterocycles. The predicted octanol–water partition coefficient (Wildman–Crippen LogP) is 3.86. The number of anilines is 1. The standard InChI is InChI=1S/C17H16ClF3N6/c18-13-4-3-10-11(7-23-15(10)26-13)14-12(17(19,20)21)8-24-16(27-14)25-9-2-1-5-22-6-9/h3-4,7-9,22H,1-2,5-6H2,(H,23,26)(H,24,25,27)/t9-/m0/s1. The lowest BCUT2D eigenvalue weighted by molar-refractivity contribution is -0.137. The Kier molecular flexibility index (Phi) is 4.65. The van der Waals surface area contributed by atoms with Crippen LogP contribution in [0.25, 0.3) is 22.3 Å². The van der Waals surface area contributed by atoms with Crippen molar-refractivity contribution in [3.05, 3.63) is 35.2 Å². The van der Waals surface area contributed by atoms with Crippen molar-refractivity contribution in [2.75, 3.05) is 18.4 Å². The molecule has 3 N–H and O–H groups in total. The summed E-state index contributed by atoms with van der Waals surface area (Å²) in [5, 5.41) is 7.12. The first-order valence-corrected chi connectivity index (χ1v) is 8.85. The van der Waals surface area contributed by atoms with Crippen LogP contribution in [0.15, 0.2) is 24.5 Å². The molecule has 3 aromatic rings. The Balaban J connectivity index is 1.79. The molecule has 1 atom stereocenters. The van der Waals surface area contributed by atoms with Gasteiger partial charge in [0, 0.05) is 35.9 Å². The highest BCUT2D eigenvalue weighted by atomic mass is 35.5. The first-order valence-electron chi connectivity index (χ1n) is 8.47. The van der Waals surface area contributed by atoms with Gasteiger partial charge in [-0.15, -0.1) is 0 Å². The van der Waals surface area contributed by atoms with E-state index >= 15 is 0 Å². The monoisotopic (exact) mass is 396 g/mol. The summed E-state index contributed by atoms with van der Waals surface area (Å²) >= 11 is 5.86. The fourth-order valence-electron chi connectivity index (χ4n) is 3.20. The number of hydrogen-bond donors (Lipinski definition) is 3. The molecule has 10 heteroatoms. The van der Waals surface area contributed by atoms with Gasteiger partial charge < -0.3 is 15.6 Å². The van der Waals surface area contributed by atoms with E-state index in [-0.39, 0.29) is 22.8 Å². The van der Waals surface area contributed by atoms with Crippen molar-refractivity contribution in [2.45, 2.75) is 25.1 Å². The van der Waals surface area contributed by atoms with Crippen molar-refractivity contribution in [2.24, 2.45) is 0 Å². The SMILES string of the molecule is FC(F)(F)c1cnc(N[C@H]2CCCNC2)nc1-c1c[nH]c2nc(Cl)ccc12. The number of nitrogens with one attached hydrogen (secondary N) is 3. The number of pyridine rings is 1. The molecular formula is C17H16ClF3N6. The Bertz CT molecular complexity index is 965. The zero-order chi connectivity index (χ0) is 19.0. The highest BCUT2D eigenvalue weighted by Gasteiger charge is 2.36. The van der Waals surface area contributed by atoms with E-state index in [4.69, 9.17) is 11.6 Å². The third kappa shape index (κ3) is 3.70. The molecule has 142 valence electrons. The molecule has 0 radical (unpaired) electrons. The molecule has 1 saturated heterocycles. The highest BCUT2D eigenvalue weighted by Crippen LogP contribution is 2.38. The van der Waals surface area contributed by atoms with Crippen LogP contribution in [0, 0.1) is 0 Å². The third-order valence-electron chi connectivity index (χ3n) is 4.48. The van der Waals surface area contributed by atoms with Crippen molar-refractivity contribution in [3.8, 4) is 11.3 Å². The number of aromatic amines is 1. The van der Waals surface area contributed by atoms with E-state index in [0.29, 0.717) is 16.6 Å². The van der Waals surface area contributed by atoms with Crippen LogP contribution in [0.4, 0.5) is 19.1 Å². The Morgan fingerprint density at radius 1 is 1.22 bits per heavy atom.